The van der Waals surface area contributed by atoms with Gasteiger partial charge in [-0.3, -0.25) is 0 Å². The maximum atomic E-state index is 8.85. The Morgan fingerprint density at radius 3 is 2.75 bits per heavy atom. The van der Waals surface area contributed by atoms with E-state index in [0.29, 0.717) is 51.9 Å². The van der Waals surface area contributed by atoms with Crippen LogP contribution in [0.5, 0.6) is 0 Å². The average molecular weight is 465 g/mol. The summed E-state index contributed by atoms with van der Waals surface area (Å²) < 4.78 is 0. The molecule has 0 aliphatic carbocycles. The van der Waals surface area contributed by atoms with Crippen LogP contribution >= 0.6 is 23.2 Å². The zero-order valence-corrected chi connectivity index (χ0v) is 18.6. The Bertz CT molecular complexity index is 1260. The molecule has 0 saturated heterocycles. The highest BCUT2D eigenvalue weighted by Crippen LogP contribution is 2.34. The summed E-state index contributed by atoms with van der Waals surface area (Å²) in [6.45, 7) is 1.27. The maximum Gasteiger partial charge on any atom is 0.225 e. The maximum absolute atomic E-state index is 8.85. The van der Waals surface area contributed by atoms with Gasteiger partial charge in [0.1, 0.15) is 11.9 Å². The molecule has 0 saturated carbocycles. The molecule has 0 aliphatic heterocycles. The van der Waals surface area contributed by atoms with E-state index in [2.05, 4.69) is 31.3 Å². The van der Waals surface area contributed by atoms with E-state index in [1.165, 1.54) is 6.20 Å². The molecule has 0 atom stereocenters. The average Bonchev–Trinajstić information content (AvgIpc) is 3.29. The number of rotatable bonds is 7. The van der Waals surface area contributed by atoms with E-state index in [0.717, 1.165) is 11.3 Å². The van der Waals surface area contributed by atoms with Crippen molar-refractivity contribution in [3.05, 3.63) is 70.7 Å². The molecule has 4 aromatic rings. The van der Waals surface area contributed by atoms with Gasteiger partial charge in [-0.05, 0) is 36.4 Å². The van der Waals surface area contributed by atoms with E-state index in [1.54, 1.807) is 36.8 Å². The molecule has 0 unspecified atom stereocenters. The predicted octanol–water partition coefficient (Wildman–Crippen LogP) is 4.66. The lowest BCUT2D eigenvalue weighted by atomic mass is 10.1. The summed E-state index contributed by atoms with van der Waals surface area (Å²) in [5.74, 6) is 1.27. The Morgan fingerprint density at radius 1 is 1.12 bits per heavy atom. The molecule has 4 rings (SSSR count). The number of halogens is 2. The van der Waals surface area contributed by atoms with E-state index in [1.807, 2.05) is 24.1 Å². The van der Waals surface area contributed by atoms with Gasteiger partial charge in [-0.1, -0.05) is 23.2 Å². The summed E-state index contributed by atoms with van der Waals surface area (Å²) >= 11 is 12.4. The highest BCUT2D eigenvalue weighted by molar-refractivity contribution is 6.36. The minimum Gasteiger partial charge on any atom is -0.368 e. The van der Waals surface area contributed by atoms with Crippen molar-refractivity contribution in [3.63, 3.8) is 0 Å². The predicted molar refractivity (Wildman–Crippen MR) is 126 cm³/mol. The molecule has 0 bridgehead atoms. The lowest BCUT2D eigenvalue weighted by Crippen LogP contribution is -2.26. The number of benzene rings is 1. The normalized spacial score (nSPS) is 10.6. The number of hydrogen-bond donors (Lipinski definition) is 2. The lowest BCUT2D eigenvalue weighted by molar-refractivity contribution is 0.864. The van der Waals surface area contributed by atoms with Crippen LogP contribution in [0, 0.1) is 11.3 Å². The van der Waals surface area contributed by atoms with Crippen molar-refractivity contribution in [1.82, 2.24) is 24.9 Å². The Kier molecular flexibility index (Phi) is 6.50. The second-order valence-corrected chi connectivity index (χ2v) is 7.73. The Balaban J connectivity index is 1.48. The number of nitriles is 1. The molecular formula is C22H18Cl2N8. The van der Waals surface area contributed by atoms with Crippen molar-refractivity contribution in [2.75, 3.05) is 30.4 Å². The third-order valence-electron chi connectivity index (χ3n) is 4.71. The van der Waals surface area contributed by atoms with Crippen molar-refractivity contribution >= 4 is 35.0 Å². The summed E-state index contributed by atoms with van der Waals surface area (Å²) in [6, 6.07) is 12.7. The van der Waals surface area contributed by atoms with E-state index in [-0.39, 0.29) is 0 Å². The summed E-state index contributed by atoms with van der Waals surface area (Å²) in [6.07, 6.45) is 4.85. The summed E-state index contributed by atoms with van der Waals surface area (Å²) in [5.41, 5.74) is 3.41. The molecule has 0 fully saturated rings. The van der Waals surface area contributed by atoms with Crippen LogP contribution in [0.1, 0.15) is 5.56 Å². The molecular weight excluding hydrogens is 447 g/mol. The van der Waals surface area contributed by atoms with Crippen LogP contribution in [0.25, 0.3) is 22.6 Å². The second-order valence-electron chi connectivity index (χ2n) is 6.88. The molecule has 0 spiro atoms. The number of hydrogen-bond acceptors (Lipinski definition) is 7. The second kappa shape index (κ2) is 9.64. The standard InChI is InChI=1S/C22H18Cl2N8/c1-32(9-8-26-19-5-2-14(11-25)12-28-19)22-27-7-6-18(31-22)21-20(29-13-30-21)16-4-3-15(23)10-17(16)24/h2-7,10,12-13H,8-9H2,1H3,(H,26,28)(H,29,30). The number of H-pyrrole nitrogens is 1. The van der Waals surface area contributed by atoms with Gasteiger partial charge in [0.25, 0.3) is 0 Å². The van der Waals surface area contributed by atoms with Crippen LogP contribution in [0.4, 0.5) is 11.8 Å². The van der Waals surface area contributed by atoms with E-state index < -0.39 is 0 Å². The molecule has 0 radical (unpaired) electrons. The molecule has 1 aromatic carbocycles. The Labute approximate surface area is 194 Å². The fourth-order valence-electron chi connectivity index (χ4n) is 3.06. The van der Waals surface area contributed by atoms with E-state index in [9.17, 15) is 0 Å². The van der Waals surface area contributed by atoms with Gasteiger partial charge in [-0.15, -0.1) is 0 Å². The van der Waals surface area contributed by atoms with Crippen molar-refractivity contribution < 1.29 is 0 Å². The number of pyridine rings is 1. The smallest absolute Gasteiger partial charge is 0.225 e. The number of imidazole rings is 1. The third kappa shape index (κ3) is 4.80. The SMILES string of the molecule is CN(CCNc1ccc(C#N)cn1)c1nccc(-c2[nH]cnc2-c2ccc(Cl)cc2Cl)n1. The first kappa shape index (κ1) is 21.6. The van der Waals surface area contributed by atoms with Crippen molar-refractivity contribution in [2.45, 2.75) is 0 Å². The molecule has 0 aliphatic rings. The number of likely N-dealkylation sites (N-methyl/N-ethyl adjacent to an activating group) is 1. The van der Waals surface area contributed by atoms with Gasteiger partial charge in [0, 0.05) is 43.1 Å². The van der Waals surface area contributed by atoms with E-state index in [4.69, 9.17) is 33.4 Å². The highest BCUT2D eigenvalue weighted by atomic mass is 35.5. The summed E-state index contributed by atoms with van der Waals surface area (Å²) in [7, 11) is 1.91. The van der Waals surface area contributed by atoms with Crippen LogP contribution in [-0.2, 0) is 0 Å². The van der Waals surface area contributed by atoms with Gasteiger partial charge >= 0.3 is 0 Å². The summed E-state index contributed by atoms with van der Waals surface area (Å²) in [5, 5.41) is 13.1. The molecule has 3 heterocycles. The Hall–Kier alpha value is -3.67. The first-order chi connectivity index (χ1) is 15.5. The van der Waals surface area contributed by atoms with Crippen LogP contribution in [0.15, 0.2) is 55.1 Å². The first-order valence-corrected chi connectivity index (χ1v) is 10.4. The number of aromatic nitrogens is 5. The summed E-state index contributed by atoms with van der Waals surface area (Å²) in [4.78, 5) is 22.8. The topological polar surface area (TPSA) is 106 Å². The lowest BCUT2D eigenvalue weighted by Gasteiger charge is -2.18. The molecule has 0 amide bonds. The Morgan fingerprint density at radius 2 is 2.00 bits per heavy atom. The fraction of sp³-hybridized carbons (Fsp3) is 0.136. The minimum absolute atomic E-state index is 0.514. The van der Waals surface area contributed by atoms with Gasteiger partial charge in [0.2, 0.25) is 5.95 Å². The zero-order valence-electron chi connectivity index (χ0n) is 17.0. The van der Waals surface area contributed by atoms with Gasteiger partial charge in [-0.25, -0.2) is 19.9 Å². The molecule has 2 N–H and O–H groups in total. The first-order valence-electron chi connectivity index (χ1n) is 9.68. The fourth-order valence-corrected chi connectivity index (χ4v) is 3.56. The molecule has 8 nitrogen and oxygen atoms in total. The van der Waals surface area contributed by atoms with E-state index >= 15 is 0 Å². The molecule has 32 heavy (non-hydrogen) atoms. The van der Waals surface area contributed by atoms with Crippen LogP contribution in [0.3, 0.4) is 0 Å². The van der Waals surface area contributed by atoms with Crippen molar-refractivity contribution in [3.8, 4) is 28.7 Å². The molecule has 10 heteroatoms. The van der Waals surface area contributed by atoms with Gasteiger partial charge < -0.3 is 15.2 Å². The van der Waals surface area contributed by atoms with Gasteiger partial charge in [0.15, 0.2) is 0 Å². The number of nitrogens with one attached hydrogen (secondary N) is 2. The minimum atomic E-state index is 0.514. The monoisotopic (exact) mass is 464 g/mol. The molecule has 3 aromatic heterocycles. The van der Waals surface area contributed by atoms with Crippen molar-refractivity contribution in [1.29, 1.82) is 5.26 Å². The number of anilines is 2. The van der Waals surface area contributed by atoms with Crippen LogP contribution < -0.4 is 10.2 Å². The highest BCUT2D eigenvalue weighted by Gasteiger charge is 2.16. The quantitative estimate of drug-likeness (QED) is 0.409. The zero-order chi connectivity index (χ0) is 22.5. The van der Waals surface area contributed by atoms with Crippen LogP contribution in [0.2, 0.25) is 10.0 Å². The number of aromatic amines is 1. The largest absolute Gasteiger partial charge is 0.368 e. The van der Waals surface area contributed by atoms with Gasteiger partial charge in [0.05, 0.1) is 34.0 Å². The molecule has 160 valence electrons. The number of nitrogens with zero attached hydrogens (tertiary/aromatic N) is 6. The third-order valence-corrected chi connectivity index (χ3v) is 5.26. The van der Waals surface area contributed by atoms with Crippen LogP contribution in [-0.4, -0.2) is 45.1 Å². The van der Waals surface area contributed by atoms with Crippen molar-refractivity contribution in [2.24, 2.45) is 0 Å². The van der Waals surface area contributed by atoms with Gasteiger partial charge in [-0.2, -0.15) is 5.26 Å².